The second-order valence-corrected chi connectivity index (χ2v) is 4.68. The zero-order valence-electron chi connectivity index (χ0n) is 9.77. The van der Waals surface area contributed by atoms with Gasteiger partial charge in [-0.2, -0.15) is 13.2 Å². The average molecular weight is 258 g/mol. The number of rotatable bonds is 1. The lowest BCUT2D eigenvalue weighted by Gasteiger charge is -2.35. The van der Waals surface area contributed by atoms with Gasteiger partial charge in [-0.05, 0) is 11.6 Å². The number of benzene rings is 1. The maximum atomic E-state index is 12.6. The Bertz CT molecular complexity index is 461. The number of hydrogen-bond donors (Lipinski definition) is 2. The largest absolute Gasteiger partial charge is 0.416 e. The van der Waals surface area contributed by atoms with E-state index in [1.165, 1.54) is 6.07 Å². The van der Waals surface area contributed by atoms with Crippen molar-refractivity contribution in [2.24, 2.45) is 0 Å². The highest BCUT2D eigenvalue weighted by Gasteiger charge is 2.35. The van der Waals surface area contributed by atoms with Crippen molar-refractivity contribution in [3.8, 4) is 0 Å². The van der Waals surface area contributed by atoms with Crippen LogP contribution in [0.1, 0.15) is 18.1 Å². The molecule has 0 spiro atoms. The first-order valence-electron chi connectivity index (χ1n) is 5.51. The molecule has 2 amide bonds. The minimum absolute atomic E-state index is 0.292. The molecular formula is C12H13F3N2O. The van der Waals surface area contributed by atoms with E-state index in [1.807, 2.05) is 6.92 Å². The Morgan fingerprint density at radius 1 is 1.22 bits per heavy atom. The fourth-order valence-corrected chi connectivity index (χ4v) is 1.95. The molecule has 1 aliphatic heterocycles. The summed E-state index contributed by atoms with van der Waals surface area (Å²) in [5, 5.41) is 5.20. The molecule has 1 fully saturated rings. The van der Waals surface area contributed by atoms with Crippen LogP contribution in [0.2, 0.25) is 0 Å². The number of carbonyl (C=O) groups is 1. The van der Waals surface area contributed by atoms with Gasteiger partial charge in [0.2, 0.25) is 0 Å². The molecule has 0 atom stereocenters. The van der Waals surface area contributed by atoms with Gasteiger partial charge < -0.3 is 10.6 Å². The Labute approximate surface area is 102 Å². The van der Waals surface area contributed by atoms with Gasteiger partial charge in [-0.15, -0.1) is 0 Å². The van der Waals surface area contributed by atoms with Crippen LogP contribution in [0, 0.1) is 0 Å². The number of alkyl halides is 3. The third-order valence-corrected chi connectivity index (χ3v) is 3.17. The van der Waals surface area contributed by atoms with Gasteiger partial charge in [0, 0.05) is 18.5 Å². The first-order valence-corrected chi connectivity index (χ1v) is 5.51. The normalized spacial score (nSPS) is 19.0. The molecule has 1 heterocycles. The minimum atomic E-state index is -4.35. The highest BCUT2D eigenvalue weighted by molar-refractivity contribution is 5.75. The van der Waals surface area contributed by atoms with Gasteiger partial charge in [-0.3, -0.25) is 0 Å². The Morgan fingerprint density at radius 2 is 1.83 bits per heavy atom. The molecule has 0 aliphatic carbocycles. The molecule has 1 aromatic carbocycles. The summed E-state index contributed by atoms with van der Waals surface area (Å²) in [6.45, 7) is 2.45. The number of hydrogen-bond acceptors (Lipinski definition) is 1. The Hall–Kier alpha value is -1.72. The van der Waals surface area contributed by atoms with Gasteiger partial charge in [0.05, 0.1) is 5.56 Å². The zero-order valence-corrected chi connectivity index (χ0v) is 9.77. The summed E-state index contributed by atoms with van der Waals surface area (Å²) in [7, 11) is 0. The van der Waals surface area contributed by atoms with Crippen LogP contribution in [0.25, 0.3) is 0 Å². The van der Waals surface area contributed by atoms with Crippen molar-refractivity contribution in [1.29, 1.82) is 0 Å². The van der Waals surface area contributed by atoms with Gasteiger partial charge in [0.15, 0.2) is 0 Å². The molecule has 98 valence electrons. The number of nitrogens with one attached hydrogen (secondary N) is 2. The molecule has 0 aromatic heterocycles. The summed E-state index contributed by atoms with van der Waals surface area (Å²) in [5.74, 6) is 0. The molecule has 2 N–H and O–H groups in total. The van der Waals surface area contributed by atoms with Crippen LogP contribution < -0.4 is 10.6 Å². The summed E-state index contributed by atoms with van der Waals surface area (Å²) < 4.78 is 37.9. The Kier molecular flexibility index (Phi) is 2.96. The third kappa shape index (κ3) is 2.42. The van der Waals surface area contributed by atoms with Crippen molar-refractivity contribution in [1.82, 2.24) is 10.6 Å². The smallest absolute Gasteiger partial charge is 0.337 e. The van der Waals surface area contributed by atoms with Crippen LogP contribution in [-0.2, 0) is 11.6 Å². The molecular weight excluding hydrogens is 245 g/mol. The molecule has 1 aromatic rings. The molecule has 18 heavy (non-hydrogen) atoms. The average Bonchev–Trinajstić information content (AvgIpc) is 2.32. The molecule has 0 bridgehead atoms. The highest BCUT2D eigenvalue weighted by Crippen LogP contribution is 2.32. The van der Waals surface area contributed by atoms with E-state index in [-0.39, 0.29) is 6.03 Å². The van der Waals surface area contributed by atoms with Crippen LogP contribution in [-0.4, -0.2) is 19.1 Å². The van der Waals surface area contributed by atoms with Crippen molar-refractivity contribution in [3.63, 3.8) is 0 Å². The van der Waals surface area contributed by atoms with Gasteiger partial charge in [0.25, 0.3) is 0 Å². The van der Waals surface area contributed by atoms with Crippen LogP contribution in [0.4, 0.5) is 18.0 Å². The van der Waals surface area contributed by atoms with Crippen molar-refractivity contribution in [3.05, 3.63) is 35.4 Å². The molecule has 0 unspecified atom stereocenters. The maximum absolute atomic E-state index is 12.6. The monoisotopic (exact) mass is 258 g/mol. The molecule has 2 rings (SSSR count). The fourth-order valence-electron chi connectivity index (χ4n) is 1.95. The molecule has 0 saturated carbocycles. The summed E-state index contributed by atoms with van der Waals surface area (Å²) in [4.78, 5) is 11.0. The van der Waals surface area contributed by atoms with Crippen LogP contribution >= 0.6 is 0 Å². The molecule has 6 heteroatoms. The Morgan fingerprint density at radius 3 is 2.39 bits per heavy atom. The summed E-state index contributed by atoms with van der Waals surface area (Å²) in [5.41, 5.74) is -0.641. The number of amides is 2. The summed E-state index contributed by atoms with van der Waals surface area (Å²) in [6.07, 6.45) is -4.35. The number of halogens is 3. The van der Waals surface area contributed by atoms with Crippen molar-refractivity contribution >= 4 is 6.03 Å². The number of urea groups is 1. The van der Waals surface area contributed by atoms with Gasteiger partial charge in [-0.25, -0.2) is 4.79 Å². The maximum Gasteiger partial charge on any atom is 0.416 e. The van der Waals surface area contributed by atoms with Crippen molar-refractivity contribution in [2.45, 2.75) is 18.5 Å². The Balaban J connectivity index is 2.31. The molecule has 1 aliphatic rings. The van der Waals surface area contributed by atoms with Crippen LogP contribution in [0.3, 0.4) is 0 Å². The third-order valence-electron chi connectivity index (χ3n) is 3.17. The molecule has 3 nitrogen and oxygen atoms in total. The van der Waals surface area contributed by atoms with Crippen molar-refractivity contribution in [2.75, 3.05) is 13.1 Å². The topological polar surface area (TPSA) is 41.1 Å². The second kappa shape index (κ2) is 4.19. The lowest BCUT2D eigenvalue weighted by atomic mass is 9.80. The summed E-state index contributed by atoms with van der Waals surface area (Å²) >= 11 is 0. The van der Waals surface area contributed by atoms with E-state index < -0.39 is 17.2 Å². The summed E-state index contributed by atoms with van der Waals surface area (Å²) in [6, 6.07) is 4.93. The molecule has 0 radical (unpaired) electrons. The minimum Gasteiger partial charge on any atom is -0.337 e. The van der Waals surface area contributed by atoms with E-state index in [0.29, 0.717) is 18.7 Å². The first-order chi connectivity index (χ1) is 8.31. The van der Waals surface area contributed by atoms with Gasteiger partial charge in [0.1, 0.15) is 0 Å². The highest BCUT2D eigenvalue weighted by atomic mass is 19.4. The van der Waals surface area contributed by atoms with E-state index in [4.69, 9.17) is 0 Å². The lowest BCUT2D eigenvalue weighted by Crippen LogP contribution is -2.55. The lowest BCUT2D eigenvalue weighted by molar-refractivity contribution is -0.137. The fraction of sp³-hybridized carbons (Fsp3) is 0.417. The first kappa shape index (κ1) is 12.7. The predicted molar refractivity (Wildman–Crippen MR) is 60.2 cm³/mol. The van der Waals surface area contributed by atoms with E-state index >= 15 is 0 Å². The standard InChI is InChI=1S/C12H13F3N2O/c1-11(6-16-10(18)17-7-11)8-3-2-4-9(5-8)12(13,14)15/h2-5H,6-7H2,1H3,(H2,16,17,18). The quantitative estimate of drug-likeness (QED) is 0.797. The molecule has 1 saturated heterocycles. The second-order valence-electron chi connectivity index (χ2n) is 4.68. The van der Waals surface area contributed by atoms with Crippen LogP contribution in [0.5, 0.6) is 0 Å². The number of carbonyl (C=O) groups excluding carboxylic acids is 1. The van der Waals surface area contributed by atoms with Crippen molar-refractivity contribution < 1.29 is 18.0 Å². The van der Waals surface area contributed by atoms with Gasteiger partial charge >= 0.3 is 12.2 Å². The van der Waals surface area contributed by atoms with Gasteiger partial charge in [-0.1, -0.05) is 25.1 Å². The van der Waals surface area contributed by atoms with Crippen LogP contribution in [0.15, 0.2) is 24.3 Å². The SMILES string of the molecule is CC1(c2cccc(C(F)(F)F)c2)CNC(=O)NC1. The predicted octanol–water partition coefficient (Wildman–Crippen LogP) is 2.28. The van der Waals surface area contributed by atoms with E-state index in [1.54, 1.807) is 6.07 Å². The zero-order chi connectivity index (χ0) is 13.4. The van der Waals surface area contributed by atoms with E-state index in [2.05, 4.69) is 10.6 Å². The van der Waals surface area contributed by atoms with E-state index in [9.17, 15) is 18.0 Å². The van der Waals surface area contributed by atoms with E-state index in [0.717, 1.165) is 12.1 Å².